The minimum absolute atomic E-state index is 0.0736. The summed E-state index contributed by atoms with van der Waals surface area (Å²) >= 11 is 0. The molecular weight excluding hydrogens is 270 g/mol. The highest BCUT2D eigenvalue weighted by molar-refractivity contribution is 5.98. The Kier molecular flexibility index (Phi) is 7.79. The molecule has 0 saturated carbocycles. The zero-order valence-electron chi connectivity index (χ0n) is 13.3. The quantitative estimate of drug-likeness (QED) is 0.724. The van der Waals surface area contributed by atoms with E-state index in [2.05, 4.69) is 0 Å². The Morgan fingerprint density at radius 2 is 1.86 bits per heavy atom. The Bertz CT molecular complexity index is 448. The number of hydrogen-bond donors (Lipinski definition) is 0. The van der Waals surface area contributed by atoms with Crippen molar-refractivity contribution >= 4 is 5.91 Å². The van der Waals surface area contributed by atoms with Gasteiger partial charge in [0, 0.05) is 26.3 Å². The molecule has 1 heterocycles. The molecule has 21 heavy (non-hydrogen) atoms. The molecule has 1 aliphatic heterocycles. The van der Waals surface area contributed by atoms with E-state index >= 15 is 0 Å². The number of amides is 1. The van der Waals surface area contributed by atoms with Crippen molar-refractivity contribution in [3.8, 4) is 5.75 Å². The number of hydrogen-bond acceptors (Lipinski definition) is 4. The van der Waals surface area contributed by atoms with Gasteiger partial charge in [-0.25, -0.2) is 0 Å². The summed E-state index contributed by atoms with van der Waals surface area (Å²) in [4.78, 5) is 13.4. The number of benzene rings is 1. The highest BCUT2D eigenvalue weighted by Gasteiger charge is 2.24. The molecule has 1 aromatic rings. The summed E-state index contributed by atoms with van der Waals surface area (Å²) in [5, 5.41) is 0. The average Bonchev–Trinajstić information content (AvgIpc) is 2.79. The number of nitrogens with zero attached hydrogens (tertiary/aromatic N) is 1. The molecule has 1 amide bonds. The van der Waals surface area contributed by atoms with E-state index in [-0.39, 0.29) is 5.91 Å². The number of ether oxygens (including phenoxy) is 3. The molecule has 0 atom stereocenters. The number of carbonyl (C=O) groups is 1. The standard InChI is InChI=1S/C14H19NO4.C2H6/c1-15-10-11-9-12(3-4-13(11)14(15)16)19-8-7-18-6-5-17-2;1-2/h3-4,9H,5-8,10H2,1-2H3;1-2H3. The first-order valence-electron chi connectivity index (χ1n) is 7.30. The lowest BCUT2D eigenvalue weighted by molar-refractivity contribution is 0.0544. The fourth-order valence-corrected chi connectivity index (χ4v) is 2.00. The van der Waals surface area contributed by atoms with Crippen molar-refractivity contribution < 1.29 is 19.0 Å². The number of methoxy groups -OCH3 is 1. The van der Waals surface area contributed by atoms with E-state index < -0.39 is 0 Å². The number of carbonyl (C=O) groups excluding carboxylic acids is 1. The Labute approximate surface area is 126 Å². The molecule has 0 radical (unpaired) electrons. The second-order valence-electron chi connectivity index (χ2n) is 4.43. The van der Waals surface area contributed by atoms with Crippen LogP contribution in [0.25, 0.3) is 0 Å². The van der Waals surface area contributed by atoms with E-state index in [0.717, 1.165) is 16.9 Å². The van der Waals surface area contributed by atoms with Gasteiger partial charge in [-0.15, -0.1) is 0 Å². The van der Waals surface area contributed by atoms with Crippen LogP contribution in [0.3, 0.4) is 0 Å². The Morgan fingerprint density at radius 3 is 2.57 bits per heavy atom. The molecule has 118 valence electrons. The summed E-state index contributed by atoms with van der Waals surface area (Å²) in [6, 6.07) is 5.57. The molecule has 0 unspecified atom stereocenters. The van der Waals surface area contributed by atoms with Crippen LogP contribution in [0, 0.1) is 0 Å². The molecule has 1 aliphatic rings. The van der Waals surface area contributed by atoms with Crippen molar-refractivity contribution in [1.82, 2.24) is 4.90 Å². The zero-order chi connectivity index (χ0) is 15.7. The Balaban J connectivity index is 0.00000106. The molecule has 0 aliphatic carbocycles. The summed E-state index contributed by atoms with van der Waals surface area (Å²) < 4.78 is 15.8. The summed E-state index contributed by atoms with van der Waals surface area (Å²) in [6.07, 6.45) is 0. The molecule has 1 aromatic carbocycles. The fraction of sp³-hybridized carbons (Fsp3) is 0.562. The first-order valence-corrected chi connectivity index (χ1v) is 7.30. The molecule has 0 spiro atoms. The summed E-state index contributed by atoms with van der Waals surface area (Å²) in [5.74, 6) is 0.849. The number of rotatable bonds is 7. The zero-order valence-corrected chi connectivity index (χ0v) is 13.3. The van der Waals surface area contributed by atoms with Crippen LogP contribution < -0.4 is 4.74 Å². The van der Waals surface area contributed by atoms with Crippen LogP contribution in [-0.4, -0.2) is 51.4 Å². The third-order valence-corrected chi connectivity index (χ3v) is 2.99. The van der Waals surface area contributed by atoms with Gasteiger partial charge in [0.1, 0.15) is 12.4 Å². The normalized spacial score (nSPS) is 12.8. The maximum Gasteiger partial charge on any atom is 0.254 e. The van der Waals surface area contributed by atoms with Gasteiger partial charge in [-0.1, -0.05) is 13.8 Å². The minimum Gasteiger partial charge on any atom is -0.491 e. The first-order chi connectivity index (χ1) is 10.2. The van der Waals surface area contributed by atoms with Crippen LogP contribution in [0.5, 0.6) is 5.75 Å². The van der Waals surface area contributed by atoms with Crippen molar-refractivity contribution in [2.75, 3.05) is 40.6 Å². The van der Waals surface area contributed by atoms with Gasteiger partial charge in [0.2, 0.25) is 0 Å². The van der Waals surface area contributed by atoms with E-state index in [1.165, 1.54) is 0 Å². The minimum atomic E-state index is 0.0736. The molecule has 5 heteroatoms. The summed E-state index contributed by atoms with van der Waals surface area (Å²) in [7, 11) is 3.44. The highest BCUT2D eigenvalue weighted by atomic mass is 16.5. The fourth-order valence-electron chi connectivity index (χ4n) is 2.00. The average molecular weight is 295 g/mol. The second kappa shape index (κ2) is 9.37. The molecule has 0 fully saturated rings. The van der Waals surface area contributed by atoms with Gasteiger partial charge in [0.25, 0.3) is 5.91 Å². The molecular formula is C16H25NO4. The molecule has 0 N–H and O–H groups in total. The van der Waals surface area contributed by atoms with Crippen molar-refractivity contribution in [1.29, 1.82) is 0 Å². The van der Waals surface area contributed by atoms with Gasteiger partial charge in [0.15, 0.2) is 0 Å². The largest absolute Gasteiger partial charge is 0.491 e. The van der Waals surface area contributed by atoms with E-state index in [1.807, 2.05) is 32.0 Å². The van der Waals surface area contributed by atoms with Gasteiger partial charge < -0.3 is 19.1 Å². The van der Waals surface area contributed by atoms with Crippen molar-refractivity contribution in [2.24, 2.45) is 0 Å². The van der Waals surface area contributed by atoms with Gasteiger partial charge in [-0.2, -0.15) is 0 Å². The third kappa shape index (κ3) is 5.02. The van der Waals surface area contributed by atoms with Crippen LogP contribution in [0.1, 0.15) is 29.8 Å². The molecule has 2 rings (SSSR count). The predicted octanol–water partition coefficient (Wildman–Crippen LogP) is 2.34. The SMILES string of the molecule is CC.COCCOCCOc1ccc2c(c1)CN(C)C2=O. The lowest BCUT2D eigenvalue weighted by Gasteiger charge is -2.08. The monoisotopic (exact) mass is 295 g/mol. The Hall–Kier alpha value is -1.59. The second-order valence-corrected chi connectivity index (χ2v) is 4.43. The molecule has 0 saturated heterocycles. The molecule has 0 aromatic heterocycles. The van der Waals surface area contributed by atoms with E-state index in [0.29, 0.717) is 33.0 Å². The van der Waals surface area contributed by atoms with Crippen molar-refractivity contribution in [3.05, 3.63) is 29.3 Å². The summed E-state index contributed by atoms with van der Waals surface area (Å²) in [5.41, 5.74) is 1.79. The maximum absolute atomic E-state index is 11.7. The van der Waals surface area contributed by atoms with Crippen LogP contribution in [0.2, 0.25) is 0 Å². The molecule has 5 nitrogen and oxygen atoms in total. The summed E-state index contributed by atoms with van der Waals surface area (Å²) in [6.45, 7) is 6.83. The lowest BCUT2D eigenvalue weighted by atomic mass is 10.1. The topological polar surface area (TPSA) is 48.0 Å². The Morgan fingerprint density at radius 1 is 1.14 bits per heavy atom. The van der Waals surface area contributed by atoms with Gasteiger partial charge in [-0.05, 0) is 23.8 Å². The first kappa shape index (κ1) is 17.5. The van der Waals surface area contributed by atoms with Gasteiger partial charge in [0.05, 0.1) is 19.8 Å². The van der Waals surface area contributed by atoms with E-state index in [1.54, 1.807) is 19.1 Å². The van der Waals surface area contributed by atoms with Crippen LogP contribution in [-0.2, 0) is 16.0 Å². The van der Waals surface area contributed by atoms with E-state index in [9.17, 15) is 4.79 Å². The van der Waals surface area contributed by atoms with Crippen LogP contribution in [0.4, 0.5) is 0 Å². The van der Waals surface area contributed by atoms with Crippen molar-refractivity contribution in [2.45, 2.75) is 20.4 Å². The highest BCUT2D eigenvalue weighted by Crippen LogP contribution is 2.25. The van der Waals surface area contributed by atoms with Crippen LogP contribution in [0.15, 0.2) is 18.2 Å². The third-order valence-electron chi connectivity index (χ3n) is 2.99. The van der Waals surface area contributed by atoms with Gasteiger partial charge in [-0.3, -0.25) is 4.79 Å². The van der Waals surface area contributed by atoms with Crippen LogP contribution >= 0.6 is 0 Å². The lowest BCUT2D eigenvalue weighted by Crippen LogP contribution is -2.17. The predicted molar refractivity (Wildman–Crippen MR) is 81.8 cm³/mol. The maximum atomic E-state index is 11.7. The van der Waals surface area contributed by atoms with Gasteiger partial charge >= 0.3 is 0 Å². The van der Waals surface area contributed by atoms with Crippen molar-refractivity contribution in [3.63, 3.8) is 0 Å². The number of fused-ring (bicyclic) bond motifs is 1. The molecule has 0 bridgehead atoms. The van der Waals surface area contributed by atoms with E-state index in [4.69, 9.17) is 14.2 Å². The smallest absolute Gasteiger partial charge is 0.254 e.